The SMILES string of the molecule is C=NN(C)/C(=C\C)OCCNC(=O)OC(C)(C)C. The molecule has 0 radical (unpaired) electrons. The topological polar surface area (TPSA) is 63.2 Å². The molecule has 18 heavy (non-hydrogen) atoms. The summed E-state index contributed by atoms with van der Waals surface area (Å²) < 4.78 is 10.5. The Kier molecular flexibility index (Phi) is 6.85. The number of hydrazone groups is 1. The zero-order valence-corrected chi connectivity index (χ0v) is 11.8. The molecule has 0 aromatic heterocycles. The maximum absolute atomic E-state index is 11.3. The predicted molar refractivity (Wildman–Crippen MR) is 71.3 cm³/mol. The summed E-state index contributed by atoms with van der Waals surface area (Å²) in [5.74, 6) is 0.580. The molecule has 0 aliphatic heterocycles. The minimum absolute atomic E-state index is 0.332. The van der Waals surface area contributed by atoms with E-state index < -0.39 is 11.7 Å². The normalized spacial score (nSPS) is 11.7. The predicted octanol–water partition coefficient (Wildman–Crippen LogP) is 1.94. The summed E-state index contributed by atoms with van der Waals surface area (Å²) in [4.78, 5) is 11.3. The summed E-state index contributed by atoms with van der Waals surface area (Å²) in [6.45, 7) is 11.3. The molecule has 104 valence electrons. The van der Waals surface area contributed by atoms with E-state index in [1.54, 1.807) is 13.1 Å². The van der Waals surface area contributed by atoms with E-state index in [-0.39, 0.29) is 0 Å². The summed E-state index contributed by atoms with van der Waals surface area (Å²) >= 11 is 0. The first-order valence-electron chi connectivity index (χ1n) is 5.76. The highest BCUT2D eigenvalue weighted by Crippen LogP contribution is 2.06. The highest BCUT2D eigenvalue weighted by molar-refractivity contribution is 5.67. The van der Waals surface area contributed by atoms with Crippen molar-refractivity contribution < 1.29 is 14.3 Å². The van der Waals surface area contributed by atoms with Gasteiger partial charge in [0.15, 0.2) is 0 Å². The van der Waals surface area contributed by atoms with E-state index in [9.17, 15) is 4.79 Å². The summed E-state index contributed by atoms with van der Waals surface area (Å²) in [6.07, 6.45) is 1.31. The first kappa shape index (κ1) is 16.3. The van der Waals surface area contributed by atoms with Crippen molar-refractivity contribution in [2.24, 2.45) is 5.10 Å². The number of ether oxygens (including phenoxy) is 2. The molecule has 0 saturated carbocycles. The van der Waals surface area contributed by atoms with Crippen LogP contribution in [0.3, 0.4) is 0 Å². The van der Waals surface area contributed by atoms with Crippen LogP contribution in [0.1, 0.15) is 27.7 Å². The second-order valence-corrected chi connectivity index (χ2v) is 4.57. The molecule has 0 bridgehead atoms. The lowest BCUT2D eigenvalue weighted by Crippen LogP contribution is -2.34. The molecule has 0 fully saturated rings. The third-order valence-corrected chi connectivity index (χ3v) is 1.80. The number of amides is 1. The van der Waals surface area contributed by atoms with Crippen LogP contribution in [0, 0.1) is 0 Å². The first-order valence-corrected chi connectivity index (χ1v) is 5.76. The van der Waals surface area contributed by atoms with Gasteiger partial charge in [-0.2, -0.15) is 5.10 Å². The summed E-state index contributed by atoms with van der Waals surface area (Å²) in [6, 6.07) is 0. The van der Waals surface area contributed by atoms with Gasteiger partial charge in [-0.1, -0.05) is 0 Å². The van der Waals surface area contributed by atoms with Gasteiger partial charge >= 0.3 is 6.09 Å². The van der Waals surface area contributed by atoms with Gasteiger partial charge in [0.25, 0.3) is 0 Å². The van der Waals surface area contributed by atoms with Crippen LogP contribution in [0.15, 0.2) is 17.1 Å². The smallest absolute Gasteiger partial charge is 0.407 e. The van der Waals surface area contributed by atoms with Gasteiger partial charge in [-0.15, -0.1) is 0 Å². The van der Waals surface area contributed by atoms with E-state index in [1.165, 1.54) is 5.01 Å². The fourth-order valence-corrected chi connectivity index (χ4v) is 1.06. The molecule has 0 atom stereocenters. The van der Waals surface area contributed by atoms with Crippen LogP contribution in [0.4, 0.5) is 4.79 Å². The van der Waals surface area contributed by atoms with Gasteiger partial charge in [0.2, 0.25) is 5.88 Å². The fraction of sp³-hybridized carbons (Fsp3) is 0.667. The van der Waals surface area contributed by atoms with Crippen LogP contribution in [0.2, 0.25) is 0 Å². The number of nitrogens with zero attached hydrogens (tertiary/aromatic N) is 2. The van der Waals surface area contributed by atoms with Crippen LogP contribution < -0.4 is 5.32 Å². The molecule has 0 aliphatic rings. The Morgan fingerprint density at radius 1 is 1.50 bits per heavy atom. The van der Waals surface area contributed by atoms with Gasteiger partial charge in [0, 0.05) is 13.8 Å². The number of allylic oxidation sites excluding steroid dienone is 1. The van der Waals surface area contributed by atoms with Crippen molar-refractivity contribution in [3.8, 4) is 0 Å². The molecule has 0 aromatic rings. The fourth-order valence-electron chi connectivity index (χ4n) is 1.06. The maximum Gasteiger partial charge on any atom is 0.407 e. The summed E-state index contributed by atoms with van der Waals surface area (Å²) in [7, 11) is 1.73. The highest BCUT2D eigenvalue weighted by Gasteiger charge is 2.15. The minimum atomic E-state index is -0.494. The van der Waals surface area contributed by atoms with Crippen molar-refractivity contribution >= 4 is 12.8 Å². The average molecular weight is 257 g/mol. The molecular formula is C12H23N3O3. The Hall–Kier alpha value is -1.72. The quantitative estimate of drug-likeness (QED) is 0.342. The molecule has 1 amide bonds. The van der Waals surface area contributed by atoms with E-state index in [0.29, 0.717) is 19.0 Å². The Morgan fingerprint density at radius 3 is 2.56 bits per heavy atom. The number of hydrogen-bond donors (Lipinski definition) is 1. The summed E-state index contributed by atoms with van der Waals surface area (Å²) in [5.41, 5.74) is -0.494. The van der Waals surface area contributed by atoms with Gasteiger partial charge in [0.1, 0.15) is 12.2 Å². The van der Waals surface area contributed by atoms with Crippen LogP contribution in [-0.4, -0.2) is 43.6 Å². The number of hydrogen-bond acceptors (Lipinski definition) is 5. The van der Waals surface area contributed by atoms with Crippen LogP contribution >= 0.6 is 0 Å². The van der Waals surface area contributed by atoms with Crippen molar-refractivity contribution in [3.05, 3.63) is 12.0 Å². The minimum Gasteiger partial charge on any atom is -0.476 e. The molecule has 1 N–H and O–H groups in total. The van der Waals surface area contributed by atoms with E-state index >= 15 is 0 Å². The van der Waals surface area contributed by atoms with Crippen molar-refractivity contribution in [3.63, 3.8) is 0 Å². The van der Waals surface area contributed by atoms with Crippen molar-refractivity contribution in [1.29, 1.82) is 0 Å². The lowest BCUT2D eigenvalue weighted by atomic mass is 10.2. The van der Waals surface area contributed by atoms with Crippen LogP contribution in [0.25, 0.3) is 0 Å². The second kappa shape index (κ2) is 7.58. The van der Waals surface area contributed by atoms with Crippen molar-refractivity contribution in [2.45, 2.75) is 33.3 Å². The molecular weight excluding hydrogens is 234 g/mol. The number of rotatable bonds is 6. The van der Waals surface area contributed by atoms with Crippen molar-refractivity contribution in [2.75, 3.05) is 20.2 Å². The largest absolute Gasteiger partial charge is 0.476 e. The summed E-state index contributed by atoms with van der Waals surface area (Å²) in [5, 5.41) is 7.80. The highest BCUT2D eigenvalue weighted by atomic mass is 16.6. The molecule has 0 aromatic carbocycles. The molecule has 6 heteroatoms. The lowest BCUT2D eigenvalue weighted by molar-refractivity contribution is 0.0502. The average Bonchev–Trinajstić information content (AvgIpc) is 2.26. The van der Waals surface area contributed by atoms with Gasteiger partial charge in [-0.3, -0.25) is 0 Å². The third-order valence-electron chi connectivity index (χ3n) is 1.80. The Labute approximate surface area is 109 Å². The molecule has 0 saturated heterocycles. The Morgan fingerprint density at radius 2 is 2.11 bits per heavy atom. The molecule has 0 heterocycles. The monoisotopic (exact) mass is 257 g/mol. The zero-order chi connectivity index (χ0) is 14.2. The Bertz CT molecular complexity index is 308. The number of nitrogens with one attached hydrogen (secondary N) is 1. The first-order chi connectivity index (χ1) is 8.30. The van der Waals surface area contributed by atoms with E-state index in [0.717, 1.165) is 0 Å². The van der Waals surface area contributed by atoms with Gasteiger partial charge in [-0.05, 0) is 33.8 Å². The van der Waals surface area contributed by atoms with Crippen LogP contribution in [-0.2, 0) is 9.47 Å². The maximum atomic E-state index is 11.3. The van der Waals surface area contributed by atoms with Gasteiger partial charge in [0.05, 0.1) is 6.54 Å². The second-order valence-electron chi connectivity index (χ2n) is 4.57. The number of alkyl carbamates (subject to hydrolysis) is 1. The lowest BCUT2D eigenvalue weighted by Gasteiger charge is -2.20. The third kappa shape index (κ3) is 7.54. The number of carbonyl (C=O) groups is 1. The number of carbonyl (C=O) groups excluding carboxylic acids is 1. The van der Waals surface area contributed by atoms with Crippen LogP contribution in [0.5, 0.6) is 0 Å². The molecule has 0 unspecified atom stereocenters. The molecule has 0 aliphatic carbocycles. The standard InChI is InChI=1S/C12H23N3O3/c1-7-10(15(6)13-5)17-9-8-14-11(16)18-12(2,3)4/h7H,5,8-9H2,1-4,6H3,(H,14,16)/b10-7+. The zero-order valence-electron chi connectivity index (χ0n) is 11.8. The molecule has 0 spiro atoms. The van der Waals surface area contributed by atoms with Gasteiger partial charge < -0.3 is 14.8 Å². The Balaban J connectivity index is 3.86. The van der Waals surface area contributed by atoms with E-state index in [4.69, 9.17) is 9.47 Å². The van der Waals surface area contributed by atoms with E-state index in [1.807, 2.05) is 27.7 Å². The van der Waals surface area contributed by atoms with Gasteiger partial charge in [-0.25, -0.2) is 9.80 Å². The molecule has 6 nitrogen and oxygen atoms in total. The van der Waals surface area contributed by atoms with Crippen molar-refractivity contribution in [1.82, 2.24) is 10.3 Å². The van der Waals surface area contributed by atoms with E-state index in [2.05, 4.69) is 17.1 Å². The molecule has 0 rings (SSSR count).